The number of carbonyl (C=O) groups is 1. The first-order valence-corrected chi connectivity index (χ1v) is 8.33. The molecular formula is C15H14BrN3O2S. The van der Waals surface area contributed by atoms with Crippen LogP contribution in [0.1, 0.15) is 14.7 Å². The van der Waals surface area contributed by atoms with Crippen molar-refractivity contribution in [3.05, 3.63) is 32.6 Å². The third-order valence-corrected chi connectivity index (χ3v) is 4.67. The van der Waals surface area contributed by atoms with Crippen LogP contribution in [0.25, 0.3) is 11.3 Å². The highest BCUT2D eigenvalue weighted by Crippen LogP contribution is 2.38. The molecule has 0 bridgehead atoms. The molecule has 0 unspecified atom stereocenters. The van der Waals surface area contributed by atoms with Crippen molar-refractivity contribution >= 4 is 39.5 Å². The van der Waals surface area contributed by atoms with Gasteiger partial charge in [-0.3, -0.25) is 4.79 Å². The van der Waals surface area contributed by atoms with Crippen LogP contribution in [-0.4, -0.2) is 42.8 Å². The van der Waals surface area contributed by atoms with E-state index in [4.69, 9.17) is 4.74 Å². The first-order chi connectivity index (χ1) is 10.5. The molecule has 0 aliphatic carbocycles. The maximum atomic E-state index is 12.1. The molecule has 0 fully saturated rings. The normalized spacial score (nSPS) is 13.2. The van der Waals surface area contributed by atoms with Crippen LogP contribution in [0, 0.1) is 0 Å². The Hall–Kier alpha value is -1.73. The summed E-state index contributed by atoms with van der Waals surface area (Å²) < 4.78 is 6.72. The number of nitrogens with zero attached hydrogens (tertiary/aromatic N) is 3. The van der Waals surface area contributed by atoms with Gasteiger partial charge in [-0.1, -0.05) is 15.9 Å². The van der Waals surface area contributed by atoms with Gasteiger partial charge in [-0.15, -0.1) is 11.3 Å². The summed E-state index contributed by atoms with van der Waals surface area (Å²) in [6.07, 6.45) is 2.23. The molecule has 2 heterocycles. The minimum absolute atomic E-state index is 0.314. The fourth-order valence-corrected chi connectivity index (χ4v) is 3.40. The smallest absolute Gasteiger partial charge is 0.307 e. The number of ether oxygens (including phenoxy) is 1. The zero-order valence-corrected chi connectivity index (χ0v) is 14.6. The van der Waals surface area contributed by atoms with E-state index in [-0.39, 0.29) is 5.91 Å². The van der Waals surface area contributed by atoms with Crippen LogP contribution in [0.3, 0.4) is 0 Å². The van der Waals surface area contributed by atoms with Crippen LogP contribution >= 0.6 is 27.3 Å². The van der Waals surface area contributed by atoms with Gasteiger partial charge in [-0.2, -0.15) is 4.99 Å². The molecule has 1 aliphatic rings. The summed E-state index contributed by atoms with van der Waals surface area (Å²) in [5.41, 5.74) is 1.75. The van der Waals surface area contributed by atoms with E-state index in [9.17, 15) is 4.79 Å². The van der Waals surface area contributed by atoms with Crippen molar-refractivity contribution in [2.24, 2.45) is 4.99 Å². The lowest BCUT2D eigenvalue weighted by Gasteiger charge is -2.06. The number of thiazole rings is 1. The topological polar surface area (TPSA) is 54.8 Å². The standard InChI is InChI=1S/C15H14BrN3O2S/c1-19(2)8-17-14(20)15-18-13-10-4-3-9(16)7-11(10)21-6-5-12(13)22-15/h3-4,7-8H,5-6H2,1-2H3/b17-8-. The lowest BCUT2D eigenvalue weighted by molar-refractivity contribution is 0.100. The molecule has 7 heteroatoms. The van der Waals surface area contributed by atoms with E-state index in [2.05, 4.69) is 25.9 Å². The van der Waals surface area contributed by atoms with Crippen molar-refractivity contribution < 1.29 is 9.53 Å². The van der Waals surface area contributed by atoms with Gasteiger partial charge >= 0.3 is 5.91 Å². The van der Waals surface area contributed by atoms with E-state index >= 15 is 0 Å². The van der Waals surface area contributed by atoms with Crippen molar-refractivity contribution in [3.8, 4) is 17.0 Å². The fraction of sp³-hybridized carbons (Fsp3) is 0.267. The Kier molecular flexibility index (Phi) is 4.26. The van der Waals surface area contributed by atoms with Crippen LogP contribution in [0.5, 0.6) is 5.75 Å². The molecule has 0 atom stereocenters. The molecule has 0 radical (unpaired) electrons. The van der Waals surface area contributed by atoms with Gasteiger partial charge in [0.1, 0.15) is 5.75 Å². The number of hydrogen-bond acceptors (Lipinski definition) is 4. The molecular weight excluding hydrogens is 366 g/mol. The van der Waals surface area contributed by atoms with E-state index in [1.165, 1.54) is 17.7 Å². The number of rotatable bonds is 2. The quantitative estimate of drug-likeness (QED) is 0.593. The number of benzene rings is 1. The molecule has 22 heavy (non-hydrogen) atoms. The van der Waals surface area contributed by atoms with Gasteiger partial charge in [0.15, 0.2) is 5.01 Å². The molecule has 1 aliphatic heterocycles. The van der Waals surface area contributed by atoms with E-state index < -0.39 is 0 Å². The number of fused-ring (bicyclic) bond motifs is 3. The summed E-state index contributed by atoms with van der Waals surface area (Å²) in [6.45, 7) is 0.577. The molecule has 0 saturated carbocycles. The van der Waals surface area contributed by atoms with Crippen molar-refractivity contribution in [1.82, 2.24) is 9.88 Å². The van der Waals surface area contributed by atoms with Gasteiger partial charge < -0.3 is 9.64 Å². The van der Waals surface area contributed by atoms with Crippen molar-refractivity contribution in [2.45, 2.75) is 6.42 Å². The Morgan fingerprint density at radius 1 is 1.50 bits per heavy atom. The SMILES string of the molecule is CN(C)/C=N\C(=O)c1nc2c(s1)CCOc1cc(Br)ccc1-2. The summed E-state index contributed by atoms with van der Waals surface area (Å²) in [7, 11) is 3.64. The number of carbonyl (C=O) groups excluding carboxylic acids is 1. The zero-order chi connectivity index (χ0) is 15.7. The third kappa shape index (κ3) is 3.05. The maximum absolute atomic E-state index is 12.1. The second kappa shape index (κ2) is 6.18. The third-order valence-electron chi connectivity index (χ3n) is 3.07. The number of amides is 1. The van der Waals surface area contributed by atoms with Gasteiger partial charge in [0.2, 0.25) is 0 Å². The number of hydrogen-bond donors (Lipinski definition) is 0. The second-order valence-electron chi connectivity index (χ2n) is 5.04. The van der Waals surface area contributed by atoms with Gasteiger partial charge in [0, 0.05) is 35.4 Å². The van der Waals surface area contributed by atoms with Crippen LogP contribution < -0.4 is 4.74 Å². The monoisotopic (exact) mass is 379 g/mol. The summed E-state index contributed by atoms with van der Waals surface area (Å²) in [6, 6.07) is 5.83. The summed E-state index contributed by atoms with van der Waals surface area (Å²) >= 11 is 4.83. The molecule has 5 nitrogen and oxygen atoms in total. The summed E-state index contributed by atoms with van der Waals surface area (Å²) in [4.78, 5) is 23.3. The van der Waals surface area contributed by atoms with Gasteiger partial charge in [0.25, 0.3) is 0 Å². The number of halogens is 1. The van der Waals surface area contributed by atoms with E-state index in [1.807, 2.05) is 32.3 Å². The van der Waals surface area contributed by atoms with Crippen LogP contribution in [-0.2, 0) is 6.42 Å². The van der Waals surface area contributed by atoms with Crippen molar-refractivity contribution in [2.75, 3.05) is 20.7 Å². The lowest BCUT2D eigenvalue weighted by Crippen LogP contribution is -2.09. The predicted molar refractivity (Wildman–Crippen MR) is 91.0 cm³/mol. The van der Waals surface area contributed by atoms with Crippen LogP contribution in [0.4, 0.5) is 0 Å². The Morgan fingerprint density at radius 2 is 2.32 bits per heavy atom. The maximum Gasteiger partial charge on any atom is 0.307 e. The van der Waals surface area contributed by atoms with Crippen molar-refractivity contribution in [1.29, 1.82) is 0 Å². The largest absolute Gasteiger partial charge is 0.492 e. The molecule has 114 valence electrons. The highest BCUT2D eigenvalue weighted by Gasteiger charge is 2.22. The fourth-order valence-electron chi connectivity index (χ4n) is 2.11. The first kappa shape index (κ1) is 15.2. The highest BCUT2D eigenvalue weighted by molar-refractivity contribution is 9.10. The molecule has 1 aromatic heterocycles. The number of aromatic nitrogens is 1. The van der Waals surface area contributed by atoms with E-state index in [0.717, 1.165) is 32.8 Å². The Balaban J connectivity index is 2.01. The van der Waals surface area contributed by atoms with E-state index in [1.54, 1.807) is 4.90 Å². The molecule has 0 saturated heterocycles. The predicted octanol–water partition coefficient (Wildman–Crippen LogP) is 3.24. The first-order valence-electron chi connectivity index (χ1n) is 6.72. The molecule has 2 aromatic rings. The molecule has 0 spiro atoms. The minimum atomic E-state index is -0.314. The molecule has 3 rings (SSSR count). The van der Waals surface area contributed by atoms with Crippen LogP contribution in [0.2, 0.25) is 0 Å². The molecule has 0 N–H and O–H groups in total. The Bertz CT molecular complexity index is 755. The Morgan fingerprint density at radius 3 is 3.09 bits per heavy atom. The zero-order valence-electron chi connectivity index (χ0n) is 12.2. The summed E-state index contributed by atoms with van der Waals surface area (Å²) in [5, 5.41) is 0.416. The summed E-state index contributed by atoms with van der Waals surface area (Å²) in [5.74, 6) is 0.473. The second-order valence-corrected chi connectivity index (χ2v) is 7.04. The molecule has 1 aromatic carbocycles. The average molecular weight is 380 g/mol. The van der Waals surface area contributed by atoms with Gasteiger partial charge in [0.05, 0.1) is 18.6 Å². The minimum Gasteiger partial charge on any atom is -0.492 e. The average Bonchev–Trinajstić information content (AvgIpc) is 2.82. The lowest BCUT2D eigenvalue weighted by atomic mass is 10.1. The highest BCUT2D eigenvalue weighted by atomic mass is 79.9. The van der Waals surface area contributed by atoms with Crippen LogP contribution in [0.15, 0.2) is 27.7 Å². The Labute approximate surface area is 140 Å². The van der Waals surface area contributed by atoms with Crippen molar-refractivity contribution in [3.63, 3.8) is 0 Å². The number of aliphatic imine (C=N–C) groups is 1. The van der Waals surface area contributed by atoms with Gasteiger partial charge in [-0.05, 0) is 18.2 Å². The van der Waals surface area contributed by atoms with Gasteiger partial charge in [-0.25, -0.2) is 4.98 Å². The molecule has 1 amide bonds. The van der Waals surface area contributed by atoms with E-state index in [0.29, 0.717) is 11.6 Å².